The van der Waals surface area contributed by atoms with E-state index in [4.69, 9.17) is 0 Å². The fourth-order valence-electron chi connectivity index (χ4n) is 1.94. The molecule has 2 amide bonds. The molecule has 0 saturated heterocycles. The molecule has 0 spiro atoms. The Hall–Kier alpha value is -2.40. The van der Waals surface area contributed by atoms with E-state index in [-0.39, 0.29) is 12.1 Å². The maximum Gasteiger partial charge on any atom is 0.319 e. The molecule has 2 atom stereocenters. The fourth-order valence-corrected chi connectivity index (χ4v) is 1.94. The molecule has 5 nitrogen and oxygen atoms in total. The highest BCUT2D eigenvalue weighted by Crippen LogP contribution is 2.16. The van der Waals surface area contributed by atoms with Gasteiger partial charge in [-0.3, -0.25) is 4.98 Å². The van der Waals surface area contributed by atoms with E-state index >= 15 is 0 Å². The standard InChI is InChI=1S/C16H19N3O2/c1-11(13-7-9-17-10-8-13)18-16(21)19-15-5-3-14(4-6-15)12(2)20/h3-12,20H,1-2H3,(H2,18,19,21). The van der Waals surface area contributed by atoms with Crippen LogP contribution in [0.2, 0.25) is 0 Å². The van der Waals surface area contributed by atoms with Crippen LogP contribution in [0.1, 0.15) is 37.1 Å². The van der Waals surface area contributed by atoms with Crippen molar-refractivity contribution >= 4 is 11.7 Å². The van der Waals surface area contributed by atoms with Crippen LogP contribution in [0.3, 0.4) is 0 Å². The van der Waals surface area contributed by atoms with E-state index in [0.29, 0.717) is 5.69 Å². The molecule has 0 fully saturated rings. The van der Waals surface area contributed by atoms with E-state index in [2.05, 4.69) is 15.6 Å². The predicted octanol–water partition coefficient (Wildman–Crippen LogP) is 3.02. The minimum atomic E-state index is -0.514. The first-order chi connectivity index (χ1) is 10.1. The number of nitrogens with one attached hydrogen (secondary N) is 2. The molecule has 2 aromatic rings. The molecule has 1 aromatic carbocycles. The fraction of sp³-hybridized carbons (Fsp3) is 0.250. The summed E-state index contributed by atoms with van der Waals surface area (Å²) in [5, 5.41) is 15.1. The molecule has 0 aliphatic heterocycles. The molecular formula is C16H19N3O2. The highest BCUT2D eigenvalue weighted by Gasteiger charge is 2.09. The number of anilines is 1. The Kier molecular flexibility index (Phi) is 4.90. The Morgan fingerprint density at radius 2 is 1.67 bits per heavy atom. The van der Waals surface area contributed by atoms with Crippen LogP contribution >= 0.6 is 0 Å². The first-order valence-electron chi connectivity index (χ1n) is 6.81. The van der Waals surface area contributed by atoms with E-state index in [0.717, 1.165) is 11.1 Å². The monoisotopic (exact) mass is 285 g/mol. The minimum Gasteiger partial charge on any atom is -0.389 e. The second kappa shape index (κ2) is 6.85. The van der Waals surface area contributed by atoms with Gasteiger partial charge in [-0.1, -0.05) is 12.1 Å². The summed E-state index contributed by atoms with van der Waals surface area (Å²) in [5.74, 6) is 0. The Morgan fingerprint density at radius 1 is 1.05 bits per heavy atom. The van der Waals surface area contributed by atoms with Crippen molar-refractivity contribution in [2.45, 2.75) is 26.0 Å². The Bertz CT molecular complexity index is 582. The van der Waals surface area contributed by atoms with Crippen molar-refractivity contribution in [2.75, 3.05) is 5.32 Å². The average molecular weight is 285 g/mol. The lowest BCUT2D eigenvalue weighted by Gasteiger charge is -2.15. The van der Waals surface area contributed by atoms with Gasteiger partial charge in [0.05, 0.1) is 12.1 Å². The van der Waals surface area contributed by atoms with Gasteiger partial charge in [0.2, 0.25) is 0 Å². The van der Waals surface area contributed by atoms with Gasteiger partial charge in [0.25, 0.3) is 0 Å². The van der Waals surface area contributed by atoms with Crippen LogP contribution in [0.25, 0.3) is 0 Å². The smallest absolute Gasteiger partial charge is 0.319 e. The Labute approximate surface area is 124 Å². The molecule has 5 heteroatoms. The van der Waals surface area contributed by atoms with Crippen molar-refractivity contribution in [1.29, 1.82) is 0 Å². The number of aliphatic hydroxyl groups excluding tert-OH is 1. The summed E-state index contributed by atoms with van der Waals surface area (Å²) in [7, 11) is 0. The number of pyridine rings is 1. The van der Waals surface area contributed by atoms with Gasteiger partial charge in [-0.25, -0.2) is 4.79 Å². The van der Waals surface area contributed by atoms with Gasteiger partial charge in [0.15, 0.2) is 0 Å². The SMILES string of the molecule is CC(O)c1ccc(NC(=O)NC(C)c2ccncc2)cc1. The summed E-state index contributed by atoms with van der Waals surface area (Å²) >= 11 is 0. The molecule has 0 bridgehead atoms. The normalized spacial score (nSPS) is 13.3. The van der Waals surface area contributed by atoms with Gasteiger partial charge in [-0.2, -0.15) is 0 Å². The van der Waals surface area contributed by atoms with Gasteiger partial charge in [-0.15, -0.1) is 0 Å². The summed E-state index contributed by atoms with van der Waals surface area (Å²) in [6.07, 6.45) is 2.88. The number of benzene rings is 1. The number of nitrogens with zero attached hydrogens (tertiary/aromatic N) is 1. The number of aliphatic hydroxyl groups is 1. The van der Waals surface area contributed by atoms with Crippen LogP contribution in [0.5, 0.6) is 0 Å². The number of hydrogen-bond donors (Lipinski definition) is 3. The largest absolute Gasteiger partial charge is 0.389 e. The molecule has 1 heterocycles. The van der Waals surface area contributed by atoms with E-state index in [9.17, 15) is 9.90 Å². The first kappa shape index (κ1) is 15.0. The predicted molar refractivity (Wildman–Crippen MR) is 81.9 cm³/mol. The number of carbonyl (C=O) groups is 1. The van der Waals surface area contributed by atoms with Crippen LogP contribution < -0.4 is 10.6 Å². The third-order valence-electron chi connectivity index (χ3n) is 3.20. The molecule has 1 aromatic heterocycles. The molecule has 0 aliphatic carbocycles. The molecule has 0 radical (unpaired) electrons. The summed E-state index contributed by atoms with van der Waals surface area (Å²) in [4.78, 5) is 15.9. The topological polar surface area (TPSA) is 74.2 Å². The highest BCUT2D eigenvalue weighted by molar-refractivity contribution is 5.89. The van der Waals surface area contributed by atoms with Gasteiger partial charge in [0, 0.05) is 18.1 Å². The lowest BCUT2D eigenvalue weighted by Crippen LogP contribution is -2.31. The van der Waals surface area contributed by atoms with E-state index in [1.807, 2.05) is 19.1 Å². The van der Waals surface area contributed by atoms with E-state index in [1.54, 1.807) is 43.6 Å². The van der Waals surface area contributed by atoms with Crippen molar-refractivity contribution in [1.82, 2.24) is 10.3 Å². The number of aromatic nitrogens is 1. The molecular weight excluding hydrogens is 266 g/mol. The third kappa shape index (κ3) is 4.29. The van der Waals surface area contributed by atoms with Crippen LogP contribution in [0.15, 0.2) is 48.8 Å². The number of urea groups is 1. The molecule has 0 saturated carbocycles. The number of amides is 2. The van der Waals surface area contributed by atoms with Crippen LogP contribution in [-0.4, -0.2) is 16.1 Å². The number of carbonyl (C=O) groups excluding carboxylic acids is 1. The second-order valence-electron chi connectivity index (χ2n) is 4.90. The zero-order valence-electron chi connectivity index (χ0n) is 12.1. The van der Waals surface area contributed by atoms with E-state index in [1.165, 1.54) is 0 Å². The quantitative estimate of drug-likeness (QED) is 0.808. The number of rotatable bonds is 4. The lowest BCUT2D eigenvalue weighted by molar-refractivity contribution is 0.199. The van der Waals surface area contributed by atoms with Gasteiger partial charge < -0.3 is 15.7 Å². The molecule has 21 heavy (non-hydrogen) atoms. The van der Waals surface area contributed by atoms with Crippen molar-refractivity contribution < 1.29 is 9.90 Å². The zero-order valence-corrected chi connectivity index (χ0v) is 12.1. The molecule has 2 rings (SSSR count). The van der Waals surface area contributed by atoms with Gasteiger partial charge in [-0.05, 0) is 49.2 Å². The third-order valence-corrected chi connectivity index (χ3v) is 3.20. The average Bonchev–Trinajstić information content (AvgIpc) is 2.48. The molecule has 110 valence electrons. The maximum atomic E-state index is 11.9. The summed E-state index contributed by atoms with van der Waals surface area (Å²) in [6.45, 7) is 3.61. The maximum absolute atomic E-state index is 11.9. The summed E-state index contributed by atoms with van der Waals surface area (Å²) in [5.41, 5.74) is 2.48. The van der Waals surface area contributed by atoms with Crippen molar-refractivity contribution in [3.8, 4) is 0 Å². The van der Waals surface area contributed by atoms with Crippen LogP contribution in [0.4, 0.5) is 10.5 Å². The summed E-state index contributed by atoms with van der Waals surface area (Å²) < 4.78 is 0. The number of hydrogen-bond acceptors (Lipinski definition) is 3. The van der Waals surface area contributed by atoms with Crippen LogP contribution in [0, 0.1) is 0 Å². The van der Waals surface area contributed by atoms with Gasteiger partial charge in [0.1, 0.15) is 0 Å². The van der Waals surface area contributed by atoms with Crippen molar-refractivity contribution in [3.05, 3.63) is 59.9 Å². The minimum absolute atomic E-state index is 0.107. The molecule has 0 aliphatic rings. The Morgan fingerprint density at radius 3 is 2.24 bits per heavy atom. The molecule has 2 unspecified atom stereocenters. The van der Waals surface area contributed by atoms with E-state index < -0.39 is 6.10 Å². The Balaban J connectivity index is 1.92. The molecule has 3 N–H and O–H groups in total. The van der Waals surface area contributed by atoms with Crippen molar-refractivity contribution in [3.63, 3.8) is 0 Å². The van der Waals surface area contributed by atoms with Gasteiger partial charge >= 0.3 is 6.03 Å². The highest BCUT2D eigenvalue weighted by atomic mass is 16.3. The van der Waals surface area contributed by atoms with Crippen LogP contribution in [-0.2, 0) is 0 Å². The summed E-state index contributed by atoms with van der Waals surface area (Å²) in [6, 6.07) is 10.4. The first-order valence-corrected chi connectivity index (χ1v) is 6.81. The lowest BCUT2D eigenvalue weighted by atomic mass is 10.1. The van der Waals surface area contributed by atoms with Crippen molar-refractivity contribution in [2.24, 2.45) is 0 Å². The zero-order chi connectivity index (χ0) is 15.2. The second-order valence-corrected chi connectivity index (χ2v) is 4.90.